The number of carbonyl (C=O) groups excluding carboxylic acids is 1. The topological polar surface area (TPSA) is 108 Å². The van der Waals surface area contributed by atoms with Gasteiger partial charge < -0.3 is 14.6 Å². The molecule has 5 rings (SSSR count). The Kier molecular flexibility index (Phi) is 4.36. The van der Waals surface area contributed by atoms with Crippen LogP contribution in [0.1, 0.15) is 47.9 Å². The van der Waals surface area contributed by atoms with E-state index >= 15 is 0 Å². The van der Waals surface area contributed by atoms with E-state index in [0.717, 1.165) is 43.7 Å². The van der Waals surface area contributed by atoms with Crippen LogP contribution in [-0.2, 0) is 4.74 Å². The number of nitrogens with one attached hydrogen (secondary N) is 1. The first-order valence-corrected chi connectivity index (χ1v) is 9.50. The van der Waals surface area contributed by atoms with Gasteiger partial charge >= 0.3 is 0 Å². The number of imidazole rings is 1. The molecule has 0 aromatic carbocycles. The first-order valence-electron chi connectivity index (χ1n) is 9.50. The van der Waals surface area contributed by atoms with Gasteiger partial charge in [0.05, 0.1) is 6.10 Å². The van der Waals surface area contributed by atoms with Gasteiger partial charge in [-0.05, 0) is 37.8 Å². The van der Waals surface area contributed by atoms with Crippen LogP contribution in [0.5, 0.6) is 0 Å². The minimum Gasteiger partial charge on any atom is -0.376 e. The smallest absolute Gasteiger partial charge is 0.271 e. The minimum absolute atomic E-state index is 0.0966. The Morgan fingerprint density at radius 1 is 1.29 bits per heavy atom. The van der Waals surface area contributed by atoms with Crippen molar-refractivity contribution in [2.75, 3.05) is 13.2 Å². The molecule has 1 atom stereocenters. The maximum Gasteiger partial charge on any atom is 0.271 e. The Hall–Kier alpha value is -3.07. The van der Waals surface area contributed by atoms with E-state index in [1.54, 1.807) is 23.3 Å². The second-order valence-electron chi connectivity index (χ2n) is 7.15. The molecule has 9 heteroatoms. The summed E-state index contributed by atoms with van der Waals surface area (Å²) in [4.78, 5) is 25.3. The monoisotopic (exact) mass is 380 g/mol. The SMILES string of the molecule is O=C(NC[C@@H]1CCCO1)c1cn(-c2cc(-c3nc(C4CC4)no3)ccn2)cn1. The first kappa shape index (κ1) is 17.1. The van der Waals surface area contributed by atoms with Crippen LogP contribution >= 0.6 is 0 Å². The molecule has 144 valence electrons. The lowest BCUT2D eigenvalue weighted by atomic mass is 10.2. The predicted octanol–water partition coefficient (Wildman–Crippen LogP) is 2.10. The number of ether oxygens (including phenoxy) is 1. The third-order valence-corrected chi connectivity index (χ3v) is 4.97. The lowest BCUT2D eigenvalue weighted by molar-refractivity contribution is 0.0854. The van der Waals surface area contributed by atoms with E-state index in [9.17, 15) is 4.79 Å². The molecule has 1 aliphatic carbocycles. The highest BCUT2D eigenvalue weighted by Crippen LogP contribution is 2.38. The third kappa shape index (κ3) is 3.53. The Labute approximate surface area is 161 Å². The molecule has 28 heavy (non-hydrogen) atoms. The normalized spacial score (nSPS) is 19.1. The Morgan fingerprint density at radius 2 is 2.21 bits per heavy atom. The summed E-state index contributed by atoms with van der Waals surface area (Å²) in [5, 5.41) is 6.92. The fraction of sp³-hybridized carbons (Fsp3) is 0.421. The van der Waals surface area contributed by atoms with E-state index in [4.69, 9.17) is 9.26 Å². The second-order valence-corrected chi connectivity index (χ2v) is 7.15. The molecule has 0 radical (unpaired) electrons. The average Bonchev–Trinajstić information content (AvgIpc) is 3.16. The van der Waals surface area contributed by atoms with Crippen LogP contribution in [0, 0.1) is 0 Å². The van der Waals surface area contributed by atoms with Gasteiger partial charge in [-0.1, -0.05) is 5.16 Å². The van der Waals surface area contributed by atoms with Crippen molar-refractivity contribution < 1.29 is 14.1 Å². The van der Waals surface area contributed by atoms with E-state index in [1.165, 1.54) is 0 Å². The number of aromatic nitrogens is 5. The summed E-state index contributed by atoms with van der Waals surface area (Å²) >= 11 is 0. The number of carbonyl (C=O) groups is 1. The highest BCUT2D eigenvalue weighted by molar-refractivity contribution is 5.92. The van der Waals surface area contributed by atoms with Crippen LogP contribution in [0.25, 0.3) is 17.3 Å². The van der Waals surface area contributed by atoms with Crippen LogP contribution in [0.15, 0.2) is 35.4 Å². The fourth-order valence-corrected chi connectivity index (χ4v) is 3.22. The Balaban J connectivity index is 1.30. The number of pyridine rings is 1. The highest BCUT2D eigenvalue weighted by atomic mass is 16.5. The molecule has 1 aliphatic heterocycles. The van der Waals surface area contributed by atoms with E-state index in [1.807, 2.05) is 12.1 Å². The van der Waals surface area contributed by atoms with Crippen LogP contribution in [0.4, 0.5) is 0 Å². The molecule has 0 unspecified atom stereocenters. The highest BCUT2D eigenvalue weighted by Gasteiger charge is 2.29. The van der Waals surface area contributed by atoms with Crippen molar-refractivity contribution >= 4 is 5.91 Å². The molecule has 3 aromatic heterocycles. The van der Waals surface area contributed by atoms with Gasteiger partial charge in [0.15, 0.2) is 5.82 Å². The molecule has 1 saturated carbocycles. The van der Waals surface area contributed by atoms with Crippen molar-refractivity contribution in [3.8, 4) is 17.3 Å². The number of nitrogens with zero attached hydrogens (tertiary/aromatic N) is 5. The quantitative estimate of drug-likeness (QED) is 0.698. The van der Waals surface area contributed by atoms with Gasteiger partial charge in [-0.15, -0.1) is 0 Å². The van der Waals surface area contributed by atoms with E-state index in [0.29, 0.717) is 29.9 Å². The molecule has 0 spiro atoms. The zero-order valence-electron chi connectivity index (χ0n) is 15.2. The van der Waals surface area contributed by atoms with E-state index in [-0.39, 0.29) is 12.0 Å². The maximum atomic E-state index is 12.3. The molecule has 2 fully saturated rings. The Morgan fingerprint density at radius 3 is 3.04 bits per heavy atom. The standard InChI is InChI=1S/C19H20N6O3/c26-18(21-9-14-2-1-7-27-14)15-10-25(11-22-15)16-8-13(5-6-20-16)19-23-17(24-28-19)12-3-4-12/h5-6,8,10-12,14H,1-4,7,9H2,(H,21,26)/t14-/m0/s1. The molecule has 9 nitrogen and oxygen atoms in total. The van der Waals surface area contributed by atoms with Gasteiger partial charge in [-0.2, -0.15) is 4.98 Å². The van der Waals surface area contributed by atoms with Crippen LogP contribution in [0.3, 0.4) is 0 Å². The van der Waals surface area contributed by atoms with Gasteiger partial charge in [0.25, 0.3) is 11.8 Å². The number of rotatable bonds is 6. The van der Waals surface area contributed by atoms with Gasteiger partial charge in [-0.25, -0.2) is 9.97 Å². The largest absolute Gasteiger partial charge is 0.376 e. The molecule has 1 amide bonds. The van der Waals surface area contributed by atoms with Gasteiger partial charge in [-0.3, -0.25) is 9.36 Å². The van der Waals surface area contributed by atoms with Crippen LogP contribution < -0.4 is 5.32 Å². The lowest BCUT2D eigenvalue weighted by Crippen LogP contribution is -2.31. The summed E-state index contributed by atoms with van der Waals surface area (Å²) in [6.45, 7) is 1.26. The summed E-state index contributed by atoms with van der Waals surface area (Å²) in [5.74, 6) is 2.07. The van der Waals surface area contributed by atoms with Crippen molar-refractivity contribution in [2.45, 2.75) is 37.7 Å². The molecule has 4 heterocycles. The lowest BCUT2D eigenvalue weighted by Gasteiger charge is -2.09. The summed E-state index contributed by atoms with van der Waals surface area (Å²) in [5.41, 5.74) is 1.11. The third-order valence-electron chi connectivity index (χ3n) is 4.97. The van der Waals surface area contributed by atoms with E-state index < -0.39 is 0 Å². The average molecular weight is 380 g/mol. The zero-order chi connectivity index (χ0) is 18.9. The van der Waals surface area contributed by atoms with Gasteiger partial charge in [0.1, 0.15) is 17.8 Å². The summed E-state index contributed by atoms with van der Waals surface area (Å²) in [6.07, 6.45) is 9.24. The van der Waals surface area contributed by atoms with Crippen LogP contribution in [-0.4, -0.2) is 49.8 Å². The maximum absolute atomic E-state index is 12.3. The molecule has 3 aromatic rings. The number of hydrogen-bond donors (Lipinski definition) is 1. The van der Waals surface area contributed by atoms with Gasteiger partial charge in [0, 0.05) is 37.0 Å². The summed E-state index contributed by atoms with van der Waals surface area (Å²) in [6, 6.07) is 3.65. The first-order chi connectivity index (χ1) is 13.8. The molecular weight excluding hydrogens is 360 g/mol. The molecule has 1 saturated heterocycles. The zero-order valence-corrected chi connectivity index (χ0v) is 15.2. The molecule has 1 N–H and O–H groups in total. The van der Waals surface area contributed by atoms with Crippen molar-refractivity contribution in [1.29, 1.82) is 0 Å². The van der Waals surface area contributed by atoms with Crippen LogP contribution in [0.2, 0.25) is 0 Å². The Bertz CT molecular complexity index is 987. The fourth-order valence-electron chi connectivity index (χ4n) is 3.22. The minimum atomic E-state index is -0.226. The van der Waals surface area contributed by atoms with Crippen molar-refractivity contribution in [3.63, 3.8) is 0 Å². The van der Waals surface area contributed by atoms with Crippen molar-refractivity contribution in [1.82, 2.24) is 30.0 Å². The molecular formula is C19H20N6O3. The second kappa shape index (κ2) is 7.16. The van der Waals surface area contributed by atoms with Crippen molar-refractivity contribution in [3.05, 3.63) is 42.4 Å². The molecule has 2 aliphatic rings. The van der Waals surface area contributed by atoms with E-state index in [2.05, 4.69) is 25.4 Å². The summed E-state index contributed by atoms with van der Waals surface area (Å²) < 4.78 is 12.6. The predicted molar refractivity (Wildman–Crippen MR) is 97.9 cm³/mol. The summed E-state index contributed by atoms with van der Waals surface area (Å²) in [7, 11) is 0. The van der Waals surface area contributed by atoms with Crippen molar-refractivity contribution in [2.24, 2.45) is 0 Å². The van der Waals surface area contributed by atoms with Gasteiger partial charge in [0.2, 0.25) is 0 Å². The number of amides is 1. The number of hydrogen-bond acceptors (Lipinski definition) is 7. The molecule has 0 bridgehead atoms.